The largest absolute Gasteiger partial charge is 0.481 e. The molecule has 0 aliphatic carbocycles. The Morgan fingerprint density at radius 3 is 2.83 bits per heavy atom. The predicted octanol–water partition coefficient (Wildman–Crippen LogP) is -0.0153. The number of aromatic nitrogens is 2. The van der Waals surface area contributed by atoms with Gasteiger partial charge in [0, 0.05) is 12.4 Å². The molecule has 5 nitrogen and oxygen atoms in total. The van der Waals surface area contributed by atoms with E-state index in [1.54, 1.807) is 0 Å². The molecule has 1 rings (SSSR count). The van der Waals surface area contributed by atoms with Crippen molar-refractivity contribution in [3.8, 4) is 0 Å². The van der Waals surface area contributed by atoms with Gasteiger partial charge in [-0.1, -0.05) is 0 Å². The summed E-state index contributed by atoms with van der Waals surface area (Å²) in [7, 11) is 0. The zero-order chi connectivity index (χ0) is 8.97. The summed E-state index contributed by atoms with van der Waals surface area (Å²) in [6.45, 7) is 0. The normalized spacial score (nSPS) is 12.4. The number of rotatable bonds is 3. The number of nitrogens with zero attached hydrogens (tertiary/aromatic N) is 2. The Balaban J connectivity index is 2.65. The average molecular weight is 168 g/mol. The van der Waals surface area contributed by atoms with Gasteiger partial charge >= 0.3 is 5.97 Å². The van der Waals surface area contributed by atoms with Crippen LogP contribution < -0.4 is 0 Å². The first kappa shape index (κ1) is 8.61. The van der Waals surface area contributed by atoms with Crippen LogP contribution in [0.2, 0.25) is 0 Å². The van der Waals surface area contributed by atoms with Crippen molar-refractivity contribution in [2.24, 2.45) is 0 Å². The van der Waals surface area contributed by atoms with Crippen molar-refractivity contribution < 1.29 is 15.0 Å². The molecule has 5 heteroatoms. The number of hydrogen-bond donors (Lipinski definition) is 2. The Labute approximate surface area is 68.7 Å². The highest BCUT2D eigenvalue weighted by Crippen LogP contribution is 2.11. The summed E-state index contributed by atoms with van der Waals surface area (Å²) in [6.07, 6.45) is 2.78. The minimum atomic E-state index is -1.07. The number of hydrogen-bond acceptors (Lipinski definition) is 4. The van der Waals surface area contributed by atoms with Crippen LogP contribution in [0.15, 0.2) is 18.6 Å². The van der Waals surface area contributed by atoms with Gasteiger partial charge in [-0.2, -0.15) is 0 Å². The van der Waals surface area contributed by atoms with Crippen molar-refractivity contribution in [2.75, 3.05) is 0 Å². The van der Waals surface area contributed by atoms with Gasteiger partial charge in [0.25, 0.3) is 0 Å². The number of aliphatic carboxylic acids is 1. The molecular formula is C7H8N2O3. The lowest BCUT2D eigenvalue weighted by Gasteiger charge is -2.04. The minimum absolute atomic E-state index is 0.278. The van der Waals surface area contributed by atoms with Gasteiger partial charge < -0.3 is 10.2 Å². The van der Waals surface area contributed by atoms with E-state index < -0.39 is 12.1 Å². The van der Waals surface area contributed by atoms with Gasteiger partial charge in [0.05, 0.1) is 18.3 Å². The number of carbonyl (C=O) groups is 1. The standard InChI is InChI=1S/C7H8N2O3/c10-6(3-7(11)12)5-4-8-1-2-9-5/h1-2,4,6,10H,3H2,(H,11,12)/t6-/m0/s1. The Morgan fingerprint density at radius 2 is 2.33 bits per heavy atom. The fourth-order valence-corrected chi connectivity index (χ4v) is 0.753. The van der Waals surface area contributed by atoms with Crippen LogP contribution in [0.25, 0.3) is 0 Å². The molecule has 0 saturated heterocycles. The average Bonchev–Trinajstić information content (AvgIpc) is 2.05. The van der Waals surface area contributed by atoms with E-state index in [-0.39, 0.29) is 12.1 Å². The molecule has 0 aliphatic rings. The second kappa shape index (κ2) is 3.77. The Morgan fingerprint density at radius 1 is 1.58 bits per heavy atom. The highest BCUT2D eigenvalue weighted by Gasteiger charge is 2.12. The molecule has 1 aromatic heterocycles. The second-order valence-electron chi connectivity index (χ2n) is 2.24. The van der Waals surface area contributed by atoms with Crippen LogP contribution >= 0.6 is 0 Å². The second-order valence-corrected chi connectivity index (χ2v) is 2.24. The third-order valence-corrected chi connectivity index (χ3v) is 1.29. The third kappa shape index (κ3) is 2.28. The highest BCUT2D eigenvalue weighted by atomic mass is 16.4. The van der Waals surface area contributed by atoms with E-state index in [4.69, 9.17) is 5.11 Å². The summed E-state index contributed by atoms with van der Waals surface area (Å²) in [5.41, 5.74) is 0.278. The molecule has 0 bridgehead atoms. The van der Waals surface area contributed by atoms with Crippen molar-refractivity contribution >= 4 is 5.97 Å². The molecule has 1 aromatic rings. The maximum Gasteiger partial charge on any atom is 0.306 e. The molecule has 0 radical (unpaired) electrons. The molecule has 1 atom stereocenters. The van der Waals surface area contributed by atoms with Gasteiger partial charge in [0.2, 0.25) is 0 Å². The number of aliphatic hydroxyl groups excluding tert-OH is 1. The fourth-order valence-electron chi connectivity index (χ4n) is 0.753. The van der Waals surface area contributed by atoms with Gasteiger partial charge in [-0.05, 0) is 0 Å². The van der Waals surface area contributed by atoms with Gasteiger partial charge in [0.1, 0.15) is 6.10 Å². The minimum Gasteiger partial charge on any atom is -0.481 e. The lowest BCUT2D eigenvalue weighted by molar-refractivity contribution is -0.139. The van der Waals surface area contributed by atoms with Crippen LogP contribution in [0.3, 0.4) is 0 Å². The third-order valence-electron chi connectivity index (χ3n) is 1.29. The molecule has 12 heavy (non-hydrogen) atoms. The number of carboxylic acids is 1. The van der Waals surface area contributed by atoms with E-state index in [9.17, 15) is 9.90 Å². The summed E-state index contributed by atoms with van der Waals surface area (Å²) in [5, 5.41) is 17.5. The smallest absolute Gasteiger partial charge is 0.306 e. The monoisotopic (exact) mass is 168 g/mol. The zero-order valence-corrected chi connectivity index (χ0v) is 6.21. The topological polar surface area (TPSA) is 83.3 Å². The quantitative estimate of drug-likeness (QED) is 0.662. The number of aliphatic hydroxyl groups is 1. The molecule has 0 spiro atoms. The molecule has 0 unspecified atom stereocenters. The predicted molar refractivity (Wildman–Crippen MR) is 39.2 cm³/mol. The maximum absolute atomic E-state index is 10.2. The lowest BCUT2D eigenvalue weighted by atomic mass is 10.2. The van der Waals surface area contributed by atoms with Crippen LogP contribution in [-0.4, -0.2) is 26.2 Å². The van der Waals surface area contributed by atoms with Crippen molar-refractivity contribution in [3.05, 3.63) is 24.3 Å². The summed E-state index contributed by atoms with van der Waals surface area (Å²) >= 11 is 0. The van der Waals surface area contributed by atoms with E-state index in [0.29, 0.717) is 0 Å². The van der Waals surface area contributed by atoms with E-state index >= 15 is 0 Å². The van der Waals surface area contributed by atoms with Gasteiger partial charge in [-0.3, -0.25) is 14.8 Å². The molecule has 1 heterocycles. The fraction of sp³-hybridized carbons (Fsp3) is 0.286. The molecule has 0 aliphatic heterocycles. The Hall–Kier alpha value is -1.49. The zero-order valence-electron chi connectivity index (χ0n) is 6.21. The van der Waals surface area contributed by atoms with Gasteiger partial charge in [-0.25, -0.2) is 0 Å². The SMILES string of the molecule is O=C(O)C[C@H](O)c1cnccn1. The Bertz CT molecular complexity index is 263. The lowest BCUT2D eigenvalue weighted by Crippen LogP contribution is -2.07. The first-order valence-electron chi connectivity index (χ1n) is 3.36. The first-order valence-corrected chi connectivity index (χ1v) is 3.36. The van der Waals surface area contributed by atoms with Crippen LogP contribution in [0, 0.1) is 0 Å². The van der Waals surface area contributed by atoms with E-state index in [1.165, 1.54) is 18.6 Å². The highest BCUT2D eigenvalue weighted by molar-refractivity contribution is 5.67. The molecule has 0 fully saturated rings. The van der Waals surface area contributed by atoms with Crippen LogP contribution in [0.5, 0.6) is 0 Å². The molecular weight excluding hydrogens is 160 g/mol. The van der Waals surface area contributed by atoms with Gasteiger partial charge in [0.15, 0.2) is 0 Å². The summed E-state index contributed by atoms with van der Waals surface area (Å²) in [6, 6.07) is 0. The molecule has 0 aromatic carbocycles. The Kier molecular flexibility index (Phi) is 2.71. The molecule has 2 N–H and O–H groups in total. The van der Waals surface area contributed by atoms with Crippen molar-refractivity contribution in [3.63, 3.8) is 0 Å². The van der Waals surface area contributed by atoms with E-state index in [2.05, 4.69) is 9.97 Å². The van der Waals surface area contributed by atoms with E-state index in [1.807, 2.05) is 0 Å². The van der Waals surface area contributed by atoms with Crippen molar-refractivity contribution in [1.29, 1.82) is 0 Å². The van der Waals surface area contributed by atoms with Crippen molar-refractivity contribution in [1.82, 2.24) is 9.97 Å². The summed E-state index contributed by atoms with van der Waals surface area (Å²) in [4.78, 5) is 17.6. The molecule has 0 saturated carbocycles. The van der Waals surface area contributed by atoms with Gasteiger partial charge in [-0.15, -0.1) is 0 Å². The van der Waals surface area contributed by atoms with Crippen LogP contribution in [0.1, 0.15) is 18.2 Å². The summed E-state index contributed by atoms with van der Waals surface area (Å²) in [5.74, 6) is -1.06. The number of carboxylic acid groups (broad SMARTS) is 1. The molecule has 0 amide bonds. The van der Waals surface area contributed by atoms with E-state index in [0.717, 1.165) is 0 Å². The van der Waals surface area contributed by atoms with Crippen LogP contribution in [-0.2, 0) is 4.79 Å². The molecule has 64 valence electrons. The maximum atomic E-state index is 10.2. The first-order chi connectivity index (χ1) is 5.70. The summed E-state index contributed by atoms with van der Waals surface area (Å²) < 4.78 is 0. The van der Waals surface area contributed by atoms with Crippen molar-refractivity contribution in [2.45, 2.75) is 12.5 Å². The van der Waals surface area contributed by atoms with Crippen LogP contribution in [0.4, 0.5) is 0 Å².